The minimum Gasteiger partial charge on any atom is -0.475 e. The number of esters is 2. The van der Waals surface area contributed by atoms with Crippen molar-refractivity contribution in [2.75, 3.05) is 26.4 Å². The van der Waals surface area contributed by atoms with E-state index in [9.17, 15) is 34.6 Å². The molecule has 2 aromatic rings. The van der Waals surface area contributed by atoms with E-state index >= 15 is 0 Å². The lowest BCUT2D eigenvalue weighted by Crippen LogP contribution is -2.24. The van der Waals surface area contributed by atoms with Crippen LogP contribution in [0.15, 0.2) is 48.5 Å². The number of nitrogens with zero attached hydrogens (tertiary/aromatic N) is 2. The zero-order valence-electron chi connectivity index (χ0n) is 16.3. The number of para-hydroxylation sites is 4. The van der Waals surface area contributed by atoms with E-state index in [0.29, 0.717) is 0 Å². The molecule has 0 fully saturated rings. The molecule has 13 heteroatoms. The second-order valence-corrected chi connectivity index (χ2v) is 5.89. The number of hydrogen-bond acceptors (Lipinski definition) is 11. The van der Waals surface area contributed by atoms with Gasteiger partial charge < -0.3 is 18.9 Å². The van der Waals surface area contributed by atoms with Crippen LogP contribution in [-0.2, 0) is 23.9 Å². The van der Waals surface area contributed by atoms with Gasteiger partial charge in [-0.1, -0.05) is 24.3 Å². The first-order valence-electron chi connectivity index (χ1n) is 8.83. The number of carbonyl (C=O) groups excluding carboxylic acids is 3. The molecule has 168 valence electrons. The molecule has 0 amide bonds. The van der Waals surface area contributed by atoms with Crippen LogP contribution in [0.2, 0.25) is 0 Å². The Kier molecular flexibility index (Phi) is 8.59. The molecular weight excluding hydrogens is 432 g/mol. The number of carbonyl (C=O) groups is 3. The van der Waals surface area contributed by atoms with Gasteiger partial charge in [0.05, 0.1) is 9.85 Å². The van der Waals surface area contributed by atoms with Crippen molar-refractivity contribution in [1.29, 1.82) is 0 Å². The van der Waals surface area contributed by atoms with E-state index in [-0.39, 0.29) is 22.9 Å². The number of benzene rings is 2. The molecule has 0 aliphatic carbocycles. The summed E-state index contributed by atoms with van der Waals surface area (Å²) in [4.78, 5) is 55.3. The fourth-order valence-corrected chi connectivity index (χ4v) is 2.18. The molecule has 0 N–H and O–H groups in total. The van der Waals surface area contributed by atoms with Gasteiger partial charge in [0.2, 0.25) is 5.78 Å². The Morgan fingerprint density at radius 1 is 0.656 bits per heavy atom. The van der Waals surface area contributed by atoms with Crippen LogP contribution in [0.1, 0.15) is 0 Å². The molecule has 0 radical (unpaired) electrons. The van der Waals surface area contributed by atoms with E-state index in [1.54, 1.807) is 0 Å². The third-order valence-electron chi connectivity index (χ3n) is 3.60. The standard InChI is InChI=1S/C19H16N2O11/c22-13(9-31-18(23)11-29-16-7-3-1-5-14(16)20(25)26)10-32-19(24)12-30-17-8-4-2-6-15(17)21(27)28/h1-8H,9-12H2. The van der Waals surface area contributed by atoms with Gasteiger partial charge >= 0.3 is 23.3 Å². The third kappa shape index (κ3) is 7.37. The third-order valence-corrected chi connectivity index (χ3v) is 3.60. The van der Waals surface area contributed by atoms with E-state index in [1.165, 1.54) is 48.5 Å². The van der Waals surface area contributed by atoms with Gasteiger partial charge in [0, 0.05) is 12.1 Å². The highest BCUT2D eigenvalue weighted by Gasteiger charge is 2.18. The van der Waals surface area contributed by atoms with E-state index in [0.717, 1.165) is 0 Å². The van der Waals surface area contributed by atoms with Crippen molar-refractivity contribution in [3.8, 4) is 11.5 Å². The van der Waals surface area contributed by atoms with Gasteiger partial charge in [0.1, 0.15) is 0 Å². The molecule has 0 atom stereocenters. The van der Waals surface area contributed by atoms with E-state index in [4.69, 9.17) is 9.47 Å². The number of nitro benzene ring substituents is 2. The molecular formula is C19H16N2O11. The van der Waals surface area contributed by atoms with E-state index in [2.05, 4.69) is 9.47 Å². The van der Waals surface area contributed by atoms with Crippen molar-refractivity contribution in [1.82, 2.24) is 0 Å². The van der Waals surface area contributed by atoms with Gasteiger partial charge in [0.25, 0.3) is 0 Å². The Morgan fingerprint density at radius 2 is 1.03 bits per heavy atom. The van der Waals surface area contributed by atoms with E-state index < -0.39 is 54.0 Å². The number of nitro groups is 2. The molecule has 0 aliphatic rings. The number of rotatable bonds is 12. The van der Waals surface area contributed by atoms with Crippen LogP contribution in [-0.4, -0.2) is 54.0 Å². The zero-order valence-corrected chi connectivity index (χ0v) is 16.3. The molecule has 32 heavy (non-hydrogen) atoms. The average molecular weight is 448 g/mol. The Hall–Kier alpha value is -4.55. The molecule has 0 bridgehead atoms. The lowest BCUT2D eigenvalue weighted by Gasteiger charge is -2.08. The molecule has 0 spiro atoms. The van der Waals surface area contributed by atoms with Crippen molar-refractivity contribution in [3.63, 3.8) is 0 Å². The predicted molar refractivity (Wildman–Crippen MR) is 104 cm³/mol. The van der Waals surface area contributed by atoms with Crippen molar-refractivity contribution in [3.05, 3.63) is 68.8 Å². The Bertz CT molecular complexity index is 942. The summed E-state index contributed by atoms with van der Waals surface area (Å²) in [5, 5.41) is 21.7. The summed E-state index contributed by atoms with van der Waals surface area (Å²) in [6, 6.07) is 10.8. The lowest BCUT2D eigenvalue weighted by atomic mass is 10.3. The summed E-state index contributed by atoms with van der Waals surface area (Å²) in [6.07, 6.45) is 0. The second kappa shape index (κ2) is 11.6. The Balaban J connectivity index is 1.69. The topological polar surface area (TPSA) is 174 Å². The molecule has 2 aromatic carbocycles. The van der Waals surface area contributed by atoms with Gasteiger partial charge in [-0.15, -0.1) is 0 Å². The van der Waals surface area contributed by atoms with Crippen LogP contribution in [0.25, 0.3) is 0 Å². The summed E-state index contributed by atoms with van der Waals surface area (Å²) in [7, 11) is 0. The maximum absolute atomic E-state index is 11.7. The number of hydrogen-bond donors (Lipinski definition) is 0. The molecule has 0 aromatic heterocycles. The summed E-state index contributed by atoms with van der Waals surface area (Å²) in [5.41, 5.74) is -0.683. The minimum absolute atomic E-state index is 0.145. The molecule has 0 saturated carbocycles. The quantitative estimate of drug-likeness (QED) is 0.262. The second-order valence-electron chi connectivity index (χ2n) is 5.89. The van der Waals surface area contributed by atoms with Crippen molar-refractivity contribution < 1.29 is 43.2 Å². The van der Waals surface area contributed by atoms with Gasteiger partial charge in [-0.05, 0) is 12.1 Å². The fraction of sp³-hybridized carbons (Fsp3) is 0.211. The van der Waals surface area contributed by atoms with Crippen LogP contribution >= 0.6 is 0 Å². The highest BCUT2D eigenvalue weighted by molar-refractivity contribution is 5.85. The summed E-state index contributed by atoms with van der Waals surface area (Å²) >= 11 is 0. The highest BCUT2D eigenvalue weighted by Crippen LogP contribution is 2.26. The highest BCUT2D eigenvalue weighted by atomic mass is 16.6. The van der Waals surface area contributed by atoms with Gasteiger partial charge in [-0.3, -0.25) is 25.0 Å². The van der Waals surface area contributed by atoms with Crippen molar-refractivity contribution in [2.45, 2.75) is 0 Å². The largest absolute Gasteiger partial charge is 0.475 e. The maximum Gasteiger partial charge on any atom is 0.344 e. The minimum atomic E-state index is -0.970. The molecule has 0 unspecified atom stereocenters. The summed E-state index contributed by atoms with van der Waals surface area (Å²) in [5.74, 6) is -2.99. The molecule has 0 heterocycles. The van der Waals surface area contributed by atoms with Crippen molar-refractivity contribution in [2.24, 2.45) is 0 Å². The van der Waals surface area contributed by atoms with Crippen LogP contribution in [0.3, 0.4) is 0 Å². The molecule has 0 saturated heterocycles. The first-order chi connectivity index (χ1) is 15.3. The molecule has 2 rings (SSSR count). The molecule has 0 aliphatic heterocycles. The first-order valence-corrected chi connectivity index (χ1v) is 8.83. The lowest BCUT2D eigenvalue weighted by molar-refractivity contribution is -0.386. The zero-order chi connectivity index (χ0) is 23.5. The van der Waals surface area contributed by atoms with Crippen molar-refractivity contribution >= 4 is 29.1 Å². The molecule has 13 nitrogen and oxygen atoms in total. The average Bonchev–Trinajstić information content (AvgIpc) is 2.78. The monoisotopic (exact) mass is 448 g/mol. The normalized spacial score (nSPS) is 10.0. The Labute approximate surface area is 179 Å². The van der Waals surface area contributed by atoms with Gasteiger partial charge in [-0.25, -0.2) is 9.59 Å². The Morgan fingerprint density at radius 3 is 1.41 bits per heavy atom. The maximum atomic E-state index is 11.7. The number of ether oxygens (including phenoxy) is 4. The van der Waals surface area contributed by atoms with Crippen LogP contribution in [0.5, 0.6) is 11.5 Å². The fourth-order valence-electron chi connectivity index (χ4n) is 2.18. The van der Waals surface area contributed by atoms with Crippen LogP contribution in [0, 0.1) is 20.2 Å². The predicted octanol–water partition coefficient (Wildman–Crippen LogP) is 1.62. The smallest absolute Gasteiger partial charge is 0.344 e. The van der Waals surface area contributed by atoms with Gasteiger partial charge in [0.15, 0.2) is 37.9 Å². The van der Waals surface area contributed by atoms with Crippen LogP contribution < -0.4 is 9.47 Å². The number of Topliss-reactive ketones (excluding diaryl/α,β-unsaturated/α-hetero) is 1. The summed E-state index contributed by atoms with van der Waals surface area (Å²) in [6.45, 7) is -2.81. The summed E-state index contributed by atoms with van der Waals surface area (Å²) < 4.78 is 19.3. The first kappa shape index (κ1) is 23.7. The SMILES string of the molecule is O=C(COC(=O)COc1ccccc1[N+](=O)[O-])COC(=O)COc1ccccc1[N+](=O)[O-]. The van der Waals surface area contributed by atoms with Gasteiger partial charge in [-0.2, -0.15) is 0 Å². The number of ketones is 1. The van der Waals surface area contributed by atoms with E-state index in [1.807, 2.05) is 0 Å². The van der Waals surface area contributed by atoms with Crippen LogP contribution in [0.4, 0.5) is 11.4 Å².